The van der Waals surface area contributed by atoms with E-state index in [4.69, 9.17) is 29.9 Å². The molecule has 9 aromatic rings. The number of aliphatic carboxylic acids is 6. The summed E-state index contributed by atoms with van der Waals surface area (Å²) < 4.78 is 0. The van der Waals surface area contributed by atoms with E-state index in [1.807, 2.05) is 158 Å². The molecule has 0 saturated heterocycles. The standard InChI is InChI=1S/3C34H38N4O5.Ga.2Na/c3*1-7-20-19(6)32-34(43)33-21(8-2)16(3)26(37-33)13-24-17(4)22(9-11-30(39)40)28(35-24)15-29-23(10-12-31(41)42)18(5)25(36-29)14-27(20)38-32;;;/h3*13-15,36-37,43H,7-12H2,1-6H3,(H,39,40)(H,41,42);;;/q;;;+3;2*+1/p-5. The summed E-state index contributed by atoms with van der Waals surface area (Å²) in [5.74, 6) is -6.39. The van der Waals surface area contributed by atoms with Crippen molar-refractivity contribution in [2.24, 2.45) is 0 Å². The minimum atomic E-state index is -1.15. The average molecular weight is 1860 g/mol. The summed E-state index contributed by atoms with van der Waals surface area (Å²) in [6.07, 6.45) is 4.89. The van der Waals surface area contributed by atoms with Gasteiger partial charge in [-0.15, -0.1) is 0 Å². The number of carbonyl (C=O) groups excluding carboxylic acids is 5. The van der Waals surface area contributed by atoms with Gasteiger partial charge in [0.2, 0.25) is 0 Å². The van der Waals surface area contributed by atoms with E-state index >= 15 is 0 Å². The van der Waals surface area contributed by atoms with Crippen molar-refractivity contribution in [1.82, 2.24) is 59.8 Å². The van der Waals surface area contributed by atoms with Crippen LogP contribution in [0.3, 0.4) is 0 Å². The number of aryl methyl sites for hydroxylation is 12. The molecular formula is C102H109GaN12Na2O15. The third kappa shape index (κ3) is 20.6. The van der Waals surface area contributed by atoms with Gasteiger partial charge in [0.25, 0.3) is 0 Å². The van der Waals surface area contributed by atoms with Crippen LogP contribution in [0.2, 0.25) is 0 Å². The molecule has 15 heterocycles. The van der Waals surface area contributed by atoms with Gasteiger partial charge in [0.1, 0.15) is 17.1 Å². The second kappa shape index (κ2) is 42.7. The fourth-order valence-electron chi connectivity index (χ4n) is 18.9. The molecule has 24 bridgehead atoms. The number of aromatic amines is 6. The van der Waals surface area contributed by atoms with Gasteiger partial charge in [-0.05, 0) is 380 Å². The Bertz CT molecular complexity index is 6400. The number of fused-ring (bicyclic) bond motifs is 24. The molecule has 0 fully saturated rings. The Morgan fingerprint density at radius 2 is 0.470 bits per heavy atom. The number of aromatic hydroxyl groups is 3. The molecule has 6 aliphatic heterocycles. The molecular weight excluding hydrogens is 1750 g/mol. The van der Waals surface area contributed by atoms with Crippen molar-refractivity contribution in [3.63, 3.8) is 0 Å². The van der Waals surface area contributed by atoms with E-state index in [9.17, 15) is 74.7 Å². The molecule has 9 aromatic heterocycles. The molecule has 10 N–H and O–H groups in total. The van der Waals surface area contributed by atoms with Gasteiger partial charge in [-0.1, -0.05) is 41.5 Å². The predicted octanol–water partition coefficient (Wildman–Crippen LogP) is 9.01. The molecule has 672 valence electrons. The van der Waals surface area contributed by atoms with Crippen molar-refractivity contribution in [3.05, 3.63) is 190 Å². The van der Waals surface area contributed by atoms with E-state index in [1.165, 1.54) is 0 Å². The summed E-state index contributed by atoms with van der Waals surface area (Å²) >= 11 is 0. The molecule has 15 rings (SSSR count). The van der Waals surface area contributed by atoms with Crippen LogP contribution in [0.5, 0.6) is 17.2 Å². The average Bonchev–Trinajstić information content (AvgIpc) is 1.61. The molecule has 30 heteroatoms. The number of carbonyl (C=O) groups is 6. The van der Waals surface area contributed by atoms with Crippen LogP contribution in [0.25, 0.3) is 133 Å². The van der Waals surface area contributed by atoms with Crippen molar-refractivity contribution < 1.29 is 134 Å². The van der Waals surface area contributed by atoms with Crippen molar-refractivity contribution >= 4 is 189 Å². The van der Waals surface area contributed by atoms with Gasteiger partial charge in [-0.3, -0.25) is 4.79 Å². The maximum absolute atomic E-state index is 11.7. The maximum Gasteiger partial charge on any atom is 3.00 e. The first-order valence-electron chi connectivity index (χ1n) is 44.1. The second-order valence-electron chi connectivity index (χ2n) is 33.7. The molecule has 0 amide bonds. The molecule has 0 atom stereocenters. The zero-order valence-corrected chi connectivity index (χ0v) is 85.4. The zero-order valence-electron chi connectivity index (χ0n) is 79.0. The van der Waals surface area contributed by atoms with E-state index in [-0.39, 0.29) is 167 Å². The van der Waals surface area contributed by atoms with Crippen LogP contribution < -0.4 is 84.6 Å². The molecule has 0 aliphatic carbocycles. The van der Waals surface area contributed by atoms with Crippen LogP contribution in [-0.2, 0) is 67.3 Å². The summed E-state index contributed by atoms with van der Waals surface area (Å²) in [5, 5.41) is 102. The number of H-pyrrole nitrogens is 6. The number of rotatable bonds is 24. The maximum atomic E-state index is 11.7. The zero-order chi connectivity index (χ0) is 93.5. The summed E-state index contributed by atoms with van der Waals surface area (Å²) in [7, 11) is 0. The topological polar surface area (TPSA) is 471 Å². The minimum Gasteiger partial charge on any atom is -0.550 e. The fourth-order valence-corrected chi connectivity index (χ4v) is 18.9. The van der Waals surface area contributed by atoms with Gasteiger partial charge >= 0.3 is 84.9 Å². The SMILES string of the molecule is CCC1=C(C)c2nc1cc1[nH]c(cc3nc(cc4[nH]c(c2O)c(CC)c4C)C(C)=C3CCC(=O)[O-])c(CCC(=O)O)c1C.CCC1=C(C)c2nc1cc1[nH]c(cc3nc(cc4[nH]c(c2O)c(CC)c4C)C(C)=C3CCC(=O)[O-])c(CCC(=O)[O-])c1C.CCC1=C(C)c2nc1cc1[nH]c(cc3nc(cc4[nH]c(c2O)c(CC)c4C)C(C)=C3CCC(=O)[O-])c(CCC(=O)[O-])c1C.[Ga+3].[Na+].[Na+]. The first-order valence-corrected chi connectivity index (χ1v) is 44.1. The van der Waals surface area contributed by atoms with Crippen LogP contribution in [0.4, 0.5) is 0 Å². The number of aromatic nitrogens is 12. The van der Waals surface area contributed by atoms with Crippen molar-refractivity contribution in [2.45, 2.75) is 240 Å². The number of carboxylic acids is 6. The van der Waals surface area contributed by atoms with Gasteiger partial charge in [0, 0.05) is 85.9 Å². The number of allylic oxidation sites excluding steroid dienone is 12. The van der Waals surface area contributed by atoms with E-state index < -0.39 is 35.8 Å². The monoisotopic (exact) mass is 1860 g/mol. The molecule has 132 heavy (non-hydrogen) atoms. The van der Waals surface area contributed by atoms with Crippen LogP contribution in [0.15, 0.2) is 54.6 Å². The summed E-state index contributed by atoms with van der Waals surface area (Å²) in [4.78, 5) is 119. The normalized spacial score (nSPS) is 13.0. The summed E-state index contributed by atoms with van der Waals surface area (Å²) in [6, 6.07) is 17.3. The number of nitrogens with one attached hydrogen (secondary N) is 6. The van der Waals surface area contributed by atoms with Crippen LogP contribution in [0, 0.1) is 41.5 Å². The van der Waals surface area contributed by atoms with Gasteiger partial charge in [-0.25, -0.2) is 29.9 Å². The minimum absolute atomic E-state index is 0. The van der Waals surface area contributed by atoms with Gasteiger partial charge in [-0.2, -0.15) is 0 Å². The Morgan fingerprint density at radius 3 is 0.697 bits per heavy atom. The van der Waals surface area contributed by atoms with E-state index in [1.54, 1.807) is 0 Å². The molecule has 0 saturated carbocycles. The predicted molar refractivity (Wildman–Crippen MR) is 501 cm³/mol. The van der Waals surface area contributed by atoms with Crippen molar-refractivity contribution in [1.29, 1.82) is 0 Å². The van der Waals surface area contributed by atoms with Crippen LogP contribution in [0.1, 0.15) is 295 Å². The first-order chi connectivity index (χ1) is 61.3. The smallest absolute Gasteiger partial charge is 0.550 e. The Balaban J connectivity index is 0.000000203. The number of hydrogen-bond acceptors (Lipinski definition) is 20. The molecule has 0 aromatic carbocycles. The molecule has 6 aliphatic rings. The van der Waals surface area contributed by atoms with Gasteiger partial charge < -0.3 is 99.8 Å². The van der Waals surface area contributed by atoms with Crippen molar-refractivity contribution in [2.75, 3.05) is 0 Å². The van der Waals surface area contributed by atoms with Crippen molar-refractivity contribution in [3.8, 4) is 17.2 Å². The number of hydrogen-bond donors (Lipinski definition) is 10. The molecule has 0 radical (unpaired) electrons. The largest absolute Gasteiger partial charge is 3.00 e. The quantitative estimate of drug-likeness (QED) is 0.0252. The van der Waals surface area contributed by atoms with E-state index in [0.717, 1.165) is 189 Å². The van der Waals surface area contributed by atoms with E-state index in [2.05, 4.69) is 50.7 Å². The Hall–Kier alpha value is -11.3. The third-order valence-corrected chi connectivity index (χ3v) is 26.3. The Kier molecular flexibility index (Phi) is 33.2. The van der Waals surface area contributed by atoms with Gasteiger partial charge in [0.05, 0.1) is 67.8 Å². The van der Waals surface area contributed by atoms with E-state index in [0.29, 0.717) is 124 Å². The fraction of sp³-hybridized carbons (Fsp3) is 0.353. The number of carboxylic acid groups (broad SMARTS) is 6. The summed E-state index contributed by atoms with van der Waals surface area (Å²) in [6.45, 7) is 35.8. The summed E-state index contributed by atoms with van der Waals surface area (Å²) in [5.41, 5.74) is 38.0. The Morgan fingerprint density at radius 1 is 0.265 bits per heavy atom. The molecule has 0 spiro atoms. The first kappa shape index (κ1) is 103. The third-order valence-electron chi connectivity index (χ3n) is 26.3. The second-order valence-corrected chi connectivity index (χ2v) is 33.7. The molecule has 0 unspecified atom stereocenters. The Labute approximate surface area is 822 Å². The number of nitrogens with zero attached hydrogens (tertiary/aromatic N) is 6. The van der Waals surface area contributed by atoms with Gasteiger partial charge in [0.15, 0.2) is 17.2 Å². The van der Waals surface area contributed by atoms with Crippen LogP contribution >= 0.6 is 0 Å². The van der Waals surface area contributed by atoms with Crippen LogP contribution in [-0.4, -0.2) is 136 Å². The molecule has 27 nitrogen and oxygen atoms in total.